The van der Waals surface area contributed by atoms with Crippen molar-refractivity contribution in [2.24, 2.45) is 11.8 Å². The molecule has 148 valence electrons. The van der Waals surface area contributed by atoms with Crippen LogP contribution < -0.4 is 5.32 Å². The Labute approximate surface area is 167 Å². The average molecular weight is 405 g/mol. The zero-order valence-electron chi connectivity index (χ0n) is 15.6. The van der Waals surface area contributed by atoms with Crippen LogP contribution in [-0.2, 0) is 23.9 Å². The number of allylic oxidation sites excluding steroid dienone is 2. The number of anilines is 1. The number of nitrogens with zero attached hydrogens (tertiary/aromatic N) is 1. The Morgan fingerprint density at radius 1 is 1.21 bits per heavy atom. The molecule has 1 fully saturated rings. The molecule has 1 heterocycles. The van der Waals surface area contributed by atoms with Crippen molar-refractivity contribution in [3.05, 3.63) is 40.9 Å². The van der Waals surface area contributed by atoms with Gasteiger partial charge in [0.25, 0.3) is 5.91 Å². The highest BCUT2D eigenvalue weighted by molar-refractivity contribution is 6.31. The standard InChI is InChI=1S/C20H21ClN2O5/c1-11-7-8-13(21)9-16(11)22-18(25)12(2)28-17(24)10-23-19(26)14-5-3-4-6-15(14)20(23)27/h3-4,7-9,12,14-15H,5-6,10H2,1-2H3,(H,22,25)/t12-,14+,15+/m1/s1. The van der Waals surface area contributed by atoms with E-state index in [9.17, 15) is 19.2 Å². The largest absolute Gasteiger partial charge is 0.451 e. The lowest BCUT2D eigenvalue weighted by Crippen LogP contribution is -2.39. The fourth-order valence-electron chi connectivity index (χ4n) is 3.41. The molecule has 0 unspecified atom stereocenters. The summed E-state index contributed by atoms with van der Waals surface area (Å²) in [5, 5.41) is 3.12. The van der Waals surface area contributed by atoms with Crippen molar-refractivity contribution in [3.63, 3.8) is 0 Å². The predicted molar refractivity (Wildman–Crippen MR) is 102 cm³/mol. The number of amides is 3. The van der Waals surface area contributed by atoms with Crippen LogP contribution >= 0.6 is 11.6 Å². The maximum absolute atomic E-state index is 12.4. The summed E-state index contributed by atoms with van der Waals surface area (Å²) in [6.07, 6.45) is 3.65. The van der Waals surface area contributed by atoms with E-state index in [0.29, 0.717) is 23.6 Å². The Morgan fingerprint density at radius 2 is 1.82 bits per heavy atom. The van der Waals surface area contributed by atoms with Gasteiger partial charge in [0.2, 0.25) is 11.8 Å². The minimum absolute atomic E-state index is 0.358. The third-order valence-electron chi connectivity index (χ3n) is 5.02. The minimum Gasteiger partial charge on any atom is -0.451 e. The van der Waals surface area contributed by atoms with Crippen molar-refractivity contribution in [2.45, 2.75) is 32.8 Å². The lowest BCUT2D eigenvalue weighted by atomic mass is 9.85. The number of carbonyl (C=O) groups excluding carboxylic acids is 4. The van der Waals surface area contributed by atoms with Crippen LogP contribution in [0.1, 0.15) is 25.3 Å². The van der Waals surface area contributed by atoms with Crippen LogP contribution in [0.5, 0.6) is 0 Å². The summed E-state index contributed by atoms with van der Waals surface area (Å²) in [5.74, 6) is -2.87. The predicted octanol–water partition coefficient (Wildman–Crippen LogP) is 2.47. The van der Waals surface area contributed by atoms with Crippen LogP contribution in [0.3, 0.4) is 0 Å². The number of fused-ring (bicyclic) bond motifs is 1. The minimum atomic E-state index is -1.09. The Kier molecular flexibility index (Phi) is 5.84. The van der Waals surface area contributed by atoms with E-state index in [-0.39, 0.29) is 11.8 Å². The molecule has 1 aromatic carbocycles. The van der Waals surface area contributed by atoms with Gasteiger partial charge in [0.05, 0.1) is 11.8 Å². The third kappa shape index (κ3) is 4.09. The third-order valence-corrected chi connectivity index (χ3v) is 5.26. The lowest BCUT2D eigenvalue weighted by molar-refractivity contribution is -0.158. The van der Waals surface area contributed by atoms with Gasteiger partial charge in [-0.2, -0.15) is 0 Å². The van der Waals surface area contributed by atoms with Crippen LogP contribution in [0, 0.1) is 18.8 Å². The smallest absolute Gasteiger partial charge is 0.326 e. The van der Waals surface area contributed by atoms with Gasteiger partial charge < -0.3 is 10.1 Å². The number of nitrogens with one attached hydrogen (secondary N) is 1. The summed E-state index contributed by atoms with van der Waals surface area (Å²) < 4.78 is 5.12. The van der Waals surface area contributed by atoms with Gasteiger partial charge in [0, 0.05) is 10.7 Å². The topological polar surface area (TPSA) is 92.8 Å². The molecule has 3 atom stereocenters. The van der Waals surface area contributed by atoms with Crippen LogP contribution in [-0.4, -0.2) is 41.2 Å². The van der Waals surface area contributed by atoms with Gasteiger partial charge >= 0.3 is 5.97 Å². The summed E-state index contributed by atoms with van der Waals surface area (Å²) in [7, 11) is 0. The van der Waals surface area contributed by atoms with E-state index in [4.69, 9.17) is 16.3 Å². The van der Waals surface area contributed by atoms with E-state index < -0.39 is 36.4 Å². The van der Waals surface area contributed by atoms with Crippen LogP contribution in [0.4, 0.5) is 5.69 Å². The van der Waals surface area contributed by atoms with Gasteiger partial charge in [0.1, 0.15) is 6.54 Å². The van der Waals surface area contributed by atoms with E-state index >= 15 is 0 Å². The number of hydrogen-bond donors (Lipinski definition) is 1. The first-order chi connectivity index (χ1) is 13.3. The Balaban J connectivity index is 1.57. The SMILES string of the molecule is Cc1ccc(Cl)cc1NC(=O)[C@@H](C)OC(=O)CN1C(=O)[C@H]2CC=CC[C@@H]2C1=O. The molecular formula is C20H21ClN2O5. The molecule has 0 saturated carbocycles. The molecule has 1 N–H and O–H groups in total. The van der Waals surface area contributed by atoms with Crippen molar-refractivity contribution in [3.8, 4) is 0 Å². The normalized spacial score (nSPS) is 22.0. The van der Waals surface area contributed by atoms with Crippen molar-refractivity contribution in [1.29, 1.82) is 0 Å². The molecule has 1 saturated heterocycles. The lowest BCUT2D eigenvalue weighted by Gasteiger charge is -2.17. The maximum atomic E-state index is 12.4. The number of halogens is 1. The molecule has 0 spiro atoms. The van der Waals surface area contributed by atoms with Gasteiger partial charge in [-0.3, -0.25) is 24.1 Å². The summed E-state index contributed by atoms with van der Waals surface area (Å²) in [5.41, 5.74) is 1.32. The number of aryl methyl sites for hydroxylation is 1. The molecule has 8 heteroatoms. The number of carbonyl (C=O) groups is 4. The van der Waals surface area contributed by atoms with Crippen molar-refractivity contribution >= 4 is 41.0 Å². The number of ether oxygens (including phenoxy) is 1. The fraction of sp³-hybridized carbons (Fsp3) is 0.400. The van der Waals surface area contributed by atoms with Gasteiger partial charge in [-0.25, -0.2) is 0 Å². The van der Waals surface area contributed by atoms with E-state index in [1.165, 1.54) is 6.92 Å². The maximum Gasteiger partial charge on any atom is 0.326 e. The van der Waals surface area contributed by atoms with E-state index in [1.54, 1.807) is 18.2 Å². The van der Waals surface area contributed by atoms with Crippen molar-refractivity contribution in [1.82, 2.24) is 4.90 Å². The van der Waals surface area contributed by atoms with Gasteiger partial charge in [-0.15, -0.1) is 0 Å². The first-order valence-corrected chi connectivity index (χ1v) is 9.42. The summed E-state index contributed by atoms with van der Waals surface area (Å²) >= 11 is 5.93. The Bertz CT molecular complexity index is 840. The molecule has 28 heavy (non-hydrogen) atoms. The number of benzene rings is 1. The summed E-state index contributed by atoms with van der Waals surface area (Å²) in [6, 6.07) is 5.06. The molecule has 3 amide bonds. The molecule has 3 rings (SSSR count). The second kappa shape index (κ2) is 8.14. The highest BCUT2D eigenvalue weighted by atomic mass is 35.5. The highest BCUT2D eigenvalue weighted by Crippen LogP contribution is 2.34. The van der Waals surface area contributed by atoms with Crippen molar-refractivity contribution < 1.29 is 23.9 Å². The molecule has 7 nitrogen and oxygen atoms in total. The zero-order valence-corrected chi connectivity index (χ0v) is 16.4. The van der Waals surface area contributed by atoms with Gasteiger partial charge in [-0.1, -0.05) is 29.8 Å². The van der Waals surface area contributed by atoms with Gasteiger partial charge in [-0.05, 0) is 44.4 Å². The molecular weight excluding hydrogens is 384 g/mol. The highest BCUT2D eigenvalue weighted by Gasteiger charge is 2.47. The first kappa shape index (κ1) is 20.1. The van der Waals surface area contributed by atoms with Crippen LogP contribution in [0.2, 0.25) is 5.02 Å². The molecule has 1 aliphatic heterocycles. The van der Waals surface area contributed by atoms with E-state index in [1.807, 2.05) is 19.1 Å². The second-order valence-electron chi connectivity index (χ2n) is 7.00. The summed E-state index contributed by atoms with van der Waals surface area (Å²) in [4.78, 5) is 50.2. The fourth-order valence-corrected chi connectivity index (χ4v) is 3.58. The summed E-state index contributed by atoms with van der Waals surface area (Å²) in [6.45, 7) is 2.74. The first-order valence-electron chi connectivity index (χ1n) is 9.04. The number of rotatable bonds is 5. The van der Waals surface area contributed by atoms with Crippen LogP contribution in [0.15, 0.2) is 30.4 Å². The molecule has 2 aliphatic rings. The Morgan fingerprint density at radius 3 is 2.43 bits per heavy atom. The van der Waals surface area contributed by atoms with Gasteiger partial charge in [0.15, 0.2) is 6.10 Å². The Hall–Kier alpha value is -2.67. The number of hydrogen-bond acceptors (Lipinski definition) is 5. The van der Waals surface area contributed by atoms with Crippen molar-refractivity contribution in [2.75, 3.05) is 11.9 Å². The second-order valence-corrected chi connectivity index (χ2v) is 7.44. The molecule has 0 radical (unpaired) electrons. The molecule has 1 aliphatic carbocycles. The number of likely N-dealkylation sites (tertiary alicyclic amines) is 1. The number of imide groups is 1. The molecule has 0 aromatic heterocycles. The quantitative estimate of drug-likeness (QED) is 0.462. The molecule has 0 bridgehead atoms. The molecule has 1 aromatic rings. The monoisotopic (exact) mass is 404 g/mol. The number of esters is 1. The van der Waals surface area contributed by atoms with E-state index in [0.717, 1.165) is 10.5 Å². The zero-order chi connectivity index (χ0) is 20.4. The van der Waals surface area contributed by atoms with E-state index in [2.05, 4.69) is 5.32 Å². The van der Waals surface area contributed by atoms with Crippen LogP contribution in [0.25, 0.3) is 0 Å². The average Bonchev–Trinajstić information content (AvgIpc) is 2.90.